The third-order valence-corrected chi connectivity index (χ3v) is 3.58. The molecule has 0 fully saturated rings. The highest BCUT2D eigenvalue weighted by molar-refractivity contribution is 6.00. The van der Waals surface area contributed by atoms with Crippen molar-refractivity contribution < 1.29 is 9.59 Å². The Hall–Kier alpha value is -3.61. The Balaban J connectivity index is 1.51. The van der Waals surface area contributed by atoms with Crippen LogP contribution in [0.5, 0.6) is 0 Å². The van der Waals surface area contributed by atoms with Crippen LogP contribution in [0.15, 0.2) is 67.0 Å². The maximum Gasteiger partial charge on any atom is 0.323 e. The van der Waals surface area contributed by atoms with E-state index in [1.807, 2.05) is 18.2 Å². The highest BCUT2D eigenvalue weighted by Crippen LogP contribution is 2.15. The van der Waals surface area contributed by atoms with Crippen LogP contribution in [0.4, 0.5) is 21.9 Å². The van der Waals surface area contributed by atoms with E-state index < -0.39 is 0 Å². The lowest BCUT2D eigenvalue weighted by Gasteiger charge is -2.09. The van der Waals surface area contributed by atoms with Crippen molar-refractivity contribution in [3.8, 4) is 0 Å². The average molecular weight is 349 g/mol. The van der Waals surface area contributed by atoms with E-state index in [2.05, 4.69) is 21.0 Å². The molecule has 1 aromatic heterocycles. The van der Waals surface area contributed by atoms with E-state index in [4.69, 9.17) is 0 Å². The summed E-state index contributed by atoms with van der Waals surface area (Å²) in [5.41, 5.74) is 2.85. The number of hydrogen-bond acceptors (Lipinski definition) is 3. The number of aromatic nitrogens is 2. The number of hydrogen-bond donors (Lipinski definition) is 3. The number of rotatable bonds is 5. The van der Waals surface area contributed by atoms with Crippen molar-refractivity contribution in [2.75, 3.05) is 16.0 Å². The van der Waals surface area contributed by atoms with Crippen LogP contribution in [-0.4, -0.2) is 21.7 Å². The summed E-state index contributed by atoms with van der Waals surface area (Å²) in [6.45, 7) is 0. The highest BCUT2D eigenvalue weighted by atomic mass is 16.2. The lowest BCUT2D eigenvalue weighted by molar-refractivity contribution is -0.115. The molecule has 3 rings (SSSR count). The van der Waals surface area contributed by atoms with Gasteiger partial charge in [0.15, 0.2) is 0 Å². The zero-order valence-electron chi connectivity index (χ0n) is 14.3. The Kier molecular flexibility index (Phi) is 5.28. The number of para-hydroxylation sites is 1. The first-order valence-corrected chi connectivity index (χ1v) is 8.09. The summed E-state index contributed by atoms with van der Waals surface area (Å²) in [7, 11) is 1.81. The molecule has 0 aliphatic heterocycles. The van der Waals surface area contributed by atoms with Crippen LogP contribution < -0.4 is 16.0 Å². The molecular weight excluding hydrogens is 330 g/mol. The minimum absolute atomic E-state index is 0.125. The predicted octanol–water partition coefficient (Wildman–Crippen LogP) is 3.25. The highest BCUT2D eigenvalue weighted by Gasteiger charge is 2.07. The Morgan fingerprint density at radius 1 is 0.885 bits per heavy atom. The molecule has 0 saturated heterocycles. The number of anilines is 3. The minimum atomic E-state index is -0.329. The lowest BCUT2D eigenvalue weighted by Crippen LogP contribution is -2.19. The molecule has 0 atom stereocenters. The van der Waals surface area contributed by atoms with Crippen molar-refractivity contribution in [3.63, 3.8) is 0 Å². The van der Waals surface area contributed by atoms with Gasteiger partial charge in [0.1, 0.15) is 0 Å². The van der Waals surface area contributed by atoms with Gasteiger partial charge in [-0.25, -0.2) is 4.79 Å². The van der Waals surface area contributed by atoms with E-state index in [1.54, 1.807) is 60.5 Å². The second kappa shape index (κ2) is 7.98. The molecule has 0 spiro atoms. The third-order valence-electron chi connectivity index (χ3n) is 3.58. The first-order valence-electron chi connectivity index (χ1n) is 8.09. The smallest absolute Gasteiger partial charge is 0.323 e. The maximum absolute atomic E-state index is 12.0. The fourth-order valence-corrected chi connectivity index (χ4v) is 2.41. The fraction of sp³-hybridized carbons (Fsp3) is 0.105. The van der Waals surface area contributed by atoms with Crippen molar-refractivity contribution in [2.24, 2.45) is 7.05 Å². The summed E-state index contributed by atoms with van der Waals surface area (Å²) >= 11 is 0. The number of nitrogens with zero attached hydrogens (tertiary/aromatic N) is 2. The topological polar surface area (TPSA) is 88.0 Å². The molecule has 3 amide bonds. The third kappa shape index (κ3) is 4.94. The van der Waals surface area contributed by atoms with Gasteiger partial charge in [-0.3, -0.25) is 9.48 Å². The number of amides is 3. The second-order valence-corrected chi connectivity index (χ2v) is 5.77. The lowest BCUT2D eigenvalue weighted by atomic mass is 10.2. The van der Waals surface area contributed by atoms with Gasteiger partial charge in [-0.1, -0.05) is 18.2 Å². The molecule has 0 aliphatic carbocycles. The molecule has 0 saturated carbocycles. The van der Waals surface area contributed by atoms with Gasteiger partial charge in [-0.05, 0) is 42.0 Å². The van der Waals surface area contributed by atoms with Gasteiger partial charge in [0, 0.05) is 30.3 Å². The summed E-state index contributed by atoms with van der Waals surface area (Å²) < 4.78 is 1.66. The monoisotopic (exact) mass is 349 g/mol. The van der Waals surface area contributed by atoms with E-state index in [0.29, 0.717) is 17.1 Å². The van der Waals surface area contributed by atoms with Crippen LogP contribution in [0.1, 0.15) is 5.56 Å². The summed E-state index contributed by atoms with van der Waals surface area (Å²) in [6.07, 6.45) is 3.73. The first kappa shape index (κ1) is 17.2. The molecule has 7 nitrogen and oxygen atoms in total. The van der Waals surface area contributed by atoms with Crippen molar-refractivity contribution in [1.29, 1.82) is 0 Å². The quantitative estimate of drug-likeness (QED) is 0.661. The van der Waals surface area contributed by atoms with Crippen molar-refractivity contribution >= 4 is 29.0 Å². The molecular formula is C19H19N5O2. The van der Waals surface area contributed by atoms with E-state index in [1.165, 1.54) is 0 Å². The zero-order chi connectivity index (χ0) is 18.4. The molecule has 1 heterocycles. The van der Waals surface area contributed by atoms with Gasteiger partial charge in [0.2, 0.25) is 5.91 Å². The van der Waals surface area contributed by atoms with Crippen molar-refractivity contribution in [3.05, 3.63) is 72.6 Å². The Morgan fingerprint density at radius 2 is 1.46 bits per heavy atom. The largest absolute Gasteiger partial charge is 0.326 e. The summed E-state index contributed by atoms with van der Waals surface area (Å²) in [5.74, 6) is -0.125. The van der Waals surface area contributed by atoms with E-state index in [-0.39, 0.29) is 18.4 Å². The van der Waals surface area contributed by atoms with E-state index in [9.17, 15) is 9.59 Å². The van der Waals surface area contributed by atoms with Gasteiger partial charge in [-0.2, -0.15) is 5.10 Å². The molecule has 0 unspecified atom stereocenters. The van der Waals surface area contributed by atoms with E-state index in [0.717, 1.165) is 5.56 Å². The molecule has 3 aromatic rings. The van der Waals surface area contributed by atoms with Gasteiger partial charge < -0.3 is 16.0 Å². The summed E-state index contributed by atoms with van der Waals surface area (Å²) in [4.78, 5) is 24.0. The Labute approximate surface area is 151 Å². The maximum atomic E-state index is 12.0. The van der Waals surface area contributed by atoms with Crippen LogP contribution in [0.3, 0.4) is 0 Å². The predicted molar refractivity (Wildman–Crippen MR) is 101 cm³/mol. The van der Waals surface area contributed by atoms with Crippen LogP contribution in [0, 0.1) is 0 Å². The normalized spacial score (nSPS) is 10.2. The average Bonchev–Trinajstić information content (AvgIpc) is 3.02. The summed E-state index contributed by atoms with van der Waals surface area (Å²) in [5, 5.41) is 12.3. The molecule has 0 radical (unpaired) electrons. The van der Waals surface area contributed by atoms with Gasteiger partial charge >= 0.3 is 6.03 Å². The van der Waals surface area contributed by atoms with Gasteiger partial charge in [-0.15, -0.1) is 0 Å². The molecule has 3 N–H and O–H groups in total. The Morgan fingerprint density at radius 3 is 2.04 bits per heavy atom. The van der Waals surface area contributed by atoms with Crippen molar-refractivity contribution in [1.82, 2.24) is 9.78 Å². The van der Waals surface area contributed by atoms with Crippen LogP contribution >= 0.6 is 0 Å². The molecule has 7 heteroatoms. The second-order valence-electron chi connectivity index (χ2n) is 5.77. The molecule has 0 aliphatic rings. The SMILES string of the molecule is Cn1cc(CC(=O)Nc2ccc(NC(=O)Nc3ccccc3)cc2)cn1. The fourth-order valence-electron chi connectivity index (χ4n) is 2.41. The van der Waals surface area contributed by atoms with Crippen molar-refractivity contribution in [2.45, 2.75) is 6.42 Å². The minimum Gasteiger partial charge on any atom is -0.326 e. The van der Waals surface area contributed by atoms with Gasteiger partial charge in [0.25, 0.3) is 0 Å². The van der Waals surface area contributed by atoms with Gasteiger partial charge in [0.05, 0.1) is 12.6 Å². The Bertz CT molecular complexity index is 888. The van der Waals surface area contributed by atoms with Crippen LogP contribution in [0.2, 0.25) is 0 Å². The first-order chi connectivity index (χ1) is 12.6. The standard InChI is InChI=1S/C19H19N5O2/c1-24-13-14(12-20-24)11-18(25)21-16-7-9-17(10-8-16)23-19(26)22-15-5-3-2-4-6-15/h2-10,12-13H,11H2,1H3,(H,21,25)(H2,22,23,26). The van der Waals surface area contributed by atoms with E-state index >= 15 is 0 Å². The zero-order valence-corrected chi connectivity index (χ0v) is 14.3. The number of carbonyl (C=O) groups excluding carboxylic acids is 2. The summed E-state index contributed by atoms with van der Waals surface area (Å²) in [6, 6.07) is 15.8. The number of carbonyl (C=O) groups is 2. The number of nitrogens with one attached hydrogen (secondary N) is 3. The van der Waals surface area contributed by atoms with Crippen LogP contribution in [0.25, 0.3) is 0 Å². The molecule has 0 bridgehead atoms. The molecule has 2 aromatic carbocycles. The van der Waals surface area contributed by atoms with Crippen LogP contribution in [-0.2, 0) is 18.3 Å². The molecule has 26 heavy (non-hydrogen) atoms. The number of benzene rings is 2. The molecule has 132 valence electrons. The number of aryl methyl sites for hydroxylation is 1. The number of urea groups is 1.